The van der Waals surface area contributed by atoms with Crippen molar-refractivity contribution < 1.29 is 9.94 Å². The molecule has 2 aromatic carbocycles. The zero-order chi connectivity index (χ0) is 12.1. The average Bonchev–Trinajstić information content (AvgIpc) is 2.40. The molecule has 1 N–H and O–H groups in total. The van der Waals surface area contributed by atoms with E-state index in [9.17, 15) is 0 Å². The Morgan fingerprint density at radius 3 is 2.35 bits per heavy atom. The molecule has 0 amide bonds. The van der Waals surface area contributed by atoms with Gasteiger partial charge in [0.1, 0.15) is 11.5 Å². The third-order valence-electron chi connectivity index (χ3n) is 2.40. The standard InChI is InChI=1S/C14H13NO2/c1-11(15-16)13-9-5-6-10-14(13)17-12-7-3-2-4-8-12/h2-10,16H,1H3/b15-11+. The lowest BCUT2D eigenvalue weighted by molar-refractivity contribution is 0.319. The highest BCUT2D eigenvalue weighted by atomic mass is 16.5. The normalized spacial score (nSPS) is 11.2. The Hall–Kier alpha value is -2.29. The fraction of sp³-hybridized carbons (Fsp3) is 0.0714. The number of oxime groups is 1. The highest BCUT2D eigenvalue weighted by molar-refractivity contribution is 6.00. The molecule has 86 valence electrons. The van der Waals surface area contributed by atoms with E-state index in [1.807, 2.05) is 54.6 Å². The highest BCUT2D eigenvalue weighted by Gasteiger charge is 2.07. The summed E-state index contributed by atoms with van der Waals surface area (Å²) >= 11 is 0. The van der Waals surface area contributed by atoms with Crippen LogP contribution in [-0.4, -0.2) is 10.9 Å². The summed E-state index contributed by atoms with van der Waals surface area (Å²) in [5.41, 5.74) is 1.30. The molecule has 0 fully saturated rings. The Balaban J connectivity index is 2.33. The summed E-state index contributed by atoms with van der Waals surface area (Å²) in [6, 6.07) is 17.0. The fourth-order valence-corrected chi connectivity index (χ4v) is 1.52. The first kappa shape index (κ1) is 11.2. The molecule has 17 heavy (non-hydrogen) atoms. The molecule has 2 aromatic rings. The van der Waals surface area contributed by atoms with Gasteiger partial charge in [0, 0.05) is 5.56 Å². The Morgan fingerprint density at radius 2 is 1.65 bits per heavy atom. The Bertz CT molecular complexity index is 521. The molecule has 0 aromatic heterocycles. The SMILES string of the molecule is C/C(=N\O)c1ccccc1Oc1ccccc1. The second-order valence-corrected chi connectivity index (χ2v) is 3.60. The molecule has 0 saturated carbocycles. The van der Waals surface area contributed by atoms with Crippen molar-refractivity contribution in [2.75, 3.05) is 0 Å². The van der Waals surface area contributed by atoms with Crippen molar-refractivity contribution in [1.82, 2.24) is 0 Å². The smallest absolute Gasteiger partial charge is 0.136 e. The van der Waals surface area contributed by atoms with Crippen LogP contribution in [-0.2, 0) is 0 Å². The van der Waals surface area contributed by atoms with Crippen molar-refractivity contribution >= 4 is 5.71 Å². The van der Waals surface area contributed by atoms with E-state index in [1.165, 1.54) is 0 Å². The van der Waals surface area contributed by atoms with Gasteiger partial charge in [-0.3, -0.25) is 0 Å². The molecular weight excluding hydrogens is 214 g/mol. The van der Waals surface area contributed by atoms with E-state index >= 15 is 0 Å². The fourth-order valence-electron chi connectivity index (χ4n) is 1.52. The van der Waals surface area contributed by atoms with Crippen molar-refractivity contribution in [3.63, 3.8) is 0 Å². The summed E-state index contributed by atoms with van der Waals surface area (Å²) in [4.78, 5) is 0. The van der Waals surface area contributed by atoms with Crippen LogP contribution in [0.25, 0.3) is 0 Å². The minimum atomic E-state index is 0.525. The maximum absolute atomic E-state index is 8.81. The predicted octanol–water partition coefficient (Wildman–Crippen LogP) is 3.68. The molecule has 0 atom stereocenters. The van der Waals surface area contributed by atoms with E-state index in [4.69, 9.17) is 9.94 Å². The molecular formula is C14H13NO2. The topological polar surface area (TPSA) is 41.8 Å². The van der Waals surface area contributed by atoms with Gasteiger partial charge in [-0.1, -0.05) is 35.5 Å². The number of para-hydroxylation sites is 2. The zero-order valence-electron chi connectivity index (χ0n) is 9.50. The summed E-state index contributed by atoms with van der Waals surface area (Å²) in [5.74, 6) is 1.43. The number of rotatable bonds is 3. The van der Waals surface area contributed by atoms with Crippen LogP contribution in [0.5, 0.6) is 11.5 Å². The first-order valence-corrected chi connectivity index (χ1v) is 5.32. The predicted molar refractivity (Wildman–Crippen MR) is 67.0 cm³/mol. The quantitative estimate of drug-likeness (QED) is 0.493. The van der Waals surface area contributed by atoms with Crippen LogP contribution in [0.1, 0.15) is 12.5 Å². The van der Waals surface area contributed by atoms with E-state index < -0.39 is 0 Å². The Labute approximate surface area is 100.0 Å². The van der Waals surface area contributed by atoms with Gasteiger partial charge in [0.25, 0.3) is 0 Å². The number of nitrogens with zero attached hydrogens (tertiary/aromatic N) is 1. The van der Waals surface area contributed by atoms with Crippen LogP contribution in [0.2, 0.25) is 0 Å². The molecule has 0 aliphatic heterocycles. The number of ether oxygens (including phenoxy) is 1. The van der Waals surface area contributed by atoms with Gasteiger partial charge in [-0.05, 0) is 31.2 Å². The van der Waals surface area contributed by atoms with Crippen LogP contribution in [0.15, 0.2) is 59.8 Å². The van der Waals surface area contributed by atoms with Crippen LogP contribution in [0.3, 0.4) is 0 Å². The van der Waals surface area contributed by atoms with Crippen LogP contribution in [0.4, 0.5) is 0 Å². The first-order valence-electron chi connectivity index (χ1n) is 5.32. The minimum absolute atomic E-state index is 0.525. The van der Waals surface area contributed by atoms with Gasteiger partial charge in [-0.15, -0.1) is 0 Å². The Morgan fingerprint density at radius 1 is 1.00 bits per heavy atom. The van der Waals surface area contributed by atoms with Gasteiger partial charge in [0.2, 0.25) is 0 Å². The van der Waals surface area contributed by atoms with Crippen molar-refractivity contribution in [3.8, 4) is 11.5 Å². The lowest BCUT2D eigenvalue weighted by Crippen LogP contribution is -1.98. The lowest BCUT2D eigenvalue weighted by atomic mass is 10.1. The second kappa shape index (κ2) is 5.16. The van der Waals surface area contributed by atoms with E-state index in [-0.39, 0.29) is 0 Å². The van der Waals surface area contributed by atoms with Crippen LogP contribution in [0, 0.1) is 0 Å². The summed E-state index contributed by atoms with van der Waals surface area (Å²) in [6.07, 6.45) is 0. The largest absolute Gasteiger partial charge is 0.457 e. The molecule has 0 bridgehead atoms. The van der Waals surface area contributed by atoms with Gasteiger partial charge in [-0.25, -0.2) is 0 Å². The number of benzene rings is 2. The molecule has 0 spiro atoms. The zero-order valence-corrected chi connectivity index (χ0v) is 9.50. The van der Waals surface area contributed by atoms with Crippen molar-refractivity contribution in [2.24, 2.45) is 5.16 Å². The molecule has 0 saturated heterocycles. The number of hydrogen-bond donors (Lipinski definition) is 1. The van der Waals surface area contributed by atoms with E-state index in [0.29, 0.717) is 11.5 Å². The van der Waals surface area contributed by atoms with Crippen LogP contribution < -0.4 is 4.74 Å². The van der Waals surface area contributed by atoms with Gasteiger partial charge in [0.05, 0.1) is 5.71 Å². The van der Waals surface area contributed by atoms with Crippen molar-refractivity contribution in [3.05, 3.63) is 60.2 Å². The first-order chi connectivity index (χ1) is 8.31. The van der Waals surface area contributed by atoms with E-state index in [0.717, 1.165) is 11.3 Å². The molecule has 0 aliphatic carbocycles. The third kappa shape index (κ3) is 2.64. The van der Waals surface area contributed by atoms with Crippen molar-refractivity contribution in [1.29, 1.82) is 0 Å². The molecule has 2 rings (SSSR count). The molecule has 0 unspecified atom stereocenters. The molecule has 3 nitrogen and oxygen atoms in total. The highest BCUT2D eigenvalue weighted by Crippen LogP contribution is 2.25. The minimum Gasteiger partial charge on any atom is -0.457 e. The lowest BCUT2D eigenvalue weighted by Gasteiger charge is -2.09. The van der Waals surface area contributed by atoms with E-state index in [2.05, 4.69) is 5.16 Å². The maximum Gasteiger partial charge on any atom is 0.136 e. The summed E-state index contributed by atoms with van der Waals surface area (Å²) in [6.45, 7) is 1.73. The summed E-state index contributed by atoms with van der Waals surface area (Å²) < 4.78 is 5.74. The Kier molecular flexibility index (Phi) is 3.40. The van der Waals surface area contributed by atoms with Crippen molar-refractivity contribution in [2.45, 2.75) is 6.92 Å². The molecule has 0 radical (unpaired) electrons. The number of hydrogen-bond acceptors (Lipinski definition) is 3. The third-order valence-corrected chi connectivity index (χ3v) is 2.40. The maximum atomic E-state index is 8.81. The monoisotopic (exact) mass is 227 g/mol. The second-order valence-electron chi connectivity index (χ2n) is 3.60. The van der Waals surface area contributed by atoms with Gasteiger partial charge in [0.15, 0.2) is 0 Å². The summed E-state index contributed by atoms with van der Waals surface area (Å²) in [7, 11) is 0. The average molecular weight is 227 g/mol. The molecule has 3 heteroatoms. The van der Waals surface area contributed by atoms with Crippen LogP contribution >= 0.6 is 0 Å². The van der Waals surface area contributed by atoms with Gasteiger partial charge < -0.3 is 9.94 Å². The molecule has 0 heterocycles. The van der Waals surface area contributed by atoms with Gasteiger partial charge >= 0.3 is 0 Å². The van der Waals surface area contributed by atoms with E-state index in [1.54, 1.807) is 6.92 Å². The summed E-state index contributed by atoms with van der Waals surface area (Å²) in [5, 5.41) is 12.0. The molecule has 0 aliphatic rings. The van der Waals surface area contributed by atoms with Gasteiger partial charge in [-0.2, -0.15) is 0 Å².